The molecule has 3 aromatic rings. The minimum atomic E-state index is -4.51. The Morgan fingerprint density at radius 1 is 1.00 bits per heavy atom. The van der Waals surface area contributed by atoms with E-state index in [0.29, 0.717) is 9.93 Å². The molecular formula is C23H13ClF3NOS3. The number of hydrogen-bond acceptors (Lipinski definition) is 4. The maximum atomic E-state index is 13.1. The molecule has 9 heteroatoms. The van der Waals surface area contributed by atoms with Crippen molar-refractivity contribution in [3.63, 3.8) is 0 Å². The standard InChI is InChI=1S/C23H13ClF3NOS3/c24-16-8-10-18(11-9-16)31-19-7-2-1-4-14(19)12-20-21(29)28(22(30)32-20)17-6-3-5-15(13-17)23(25,26)27/h1-13H/b20-12-. The Bertz CT molecular complexity index is 1230. The van der Waals surface area contributed by atoms with Crippen molar-refractivity contribution >= 4 is 69.3 Å². The molecule has 1 heterocycles. The molecule has 2 nitrogen and oxygen atoms in total. The van der Waals surface area contributed by atoms with E-state index in [1.807, 2.05) is 36.4 Å². The number of anilines is 1. The molecule has 0 aromatic heterocycles. The lowest BCUT2D eigenvalue weighted by molar-refractivity contribution is -0.137. The van der Waals surface area contributed by atoms with Crippen molar-refractivity contribution in [3.05, 3.63) is 93.9 Å². The Morgan fingerprint density at radius 2 is 1.72 bits per heavy atom. The van der Waals surface area contributed by atoms with Crippen molar-refractivity contribution in [2.24, 2.45) is 0 Å². The van der Waals surface area contributed by atoms with E-state index in [0.717, 1.165) is 44.1 Å². The van der Waals surface area contributed by atoms with Crippen LogP contribution in [0.3, 0.4) is 0 Å². The Labute approximate surface area is 201 Å². The van der Waals surface area contributed by atoms with E-state index in [2.05, 4.69) is 0 Å². The number of hydrogen-bond donors (Lipinski definition) is 0. The first-order valence-corrected chi connectivity index (χ1v) is 11.6. The average Bonchev–Trinajstić information content (AvgIpc) is 3.03. The van der Waals surface area contributed by atoms with Crippen LogP contribution >= 0.6 is 47.3 Å². The molecule has 0 N–H and O–H groups in total. The van der Waals surface area contributed by atoms with Crippen LogP contribution in [-0.4, -0.2) is 10.2 Å². The molecule has 4 rings (SSSR count). The number of thioether (sulfide) groups is 1. The number of thiocarbonyl (C=S) groups is 1. The molecule has 3 aromatic carbocycles. The van der Waals surface area contributed by atoms with Crippen LogP contribution in [0.4, 0.5) is 18.9 Å². The normalized spacial score (nSPS) is 15.6. The summed E-state index contributed by atoms with van der Waals surface area (Å²) in [5, 5.41) is 0.640. The summed E-state index contributed by atoms with van der Waals surface area (Å²) in [7, 11) is 0. The summed E-state index contributed by atoms with van der Waals surface area (Å²) >= 11 is 13.8. The third-order valence-corrected chi connectivity index (χ3v) is 7.13. The number of halogens is 4. The van der Waals surface area contributed by atoms with Crippen molar-refractivity contribution in [1.29, 1.82) is 0 Å². The Kier molecular flexibility index (Phi) is 6.67. The van der Waals surface area contributed by atoms with E-state index < -0.39 is 17.6 Å². The van der Waals surface area contributed by atoms with Crippen LogP contribution in [0.1, 0.15) is 11.1 Å². The summed E-state index contributed by atoms with van der Waals surface area (Å²) in [6.07, 6.45) is -2.80. The lowest BCUT2D eigenvalue weighted by atomic mass is 10.1. The maximum absolute atomic E-state index is 13.1. The van der Waals surface area contributed by atoms with Crippen LogP contribution in [0.15, 0.2) is 87.5 Å². The van der Waals surface area contributed by atoms with Gasteiger partial charge in [0.1, 0.15) is 0 Å². The molecule has 1 aliphatic rings. The van der Waals surface area contributed by atoms with Crippen molar-refractivity contribution in [2.45, 2.75) is 16.0 Å². The van der Waals surface area contributed by atoms with Crippen LogP contribution < -0.4 is 4.90 Å². The van der Waals surface area contributed by atoms with Gasteiger partial charge in [0.05, 0.1) is 16.2 Å². The SMILES string of the molecule is O=C1/C(=C/c2ccccc2Sc2ccc(Cl)cc2)SC(=S)N1c1cccc(C(F)(F)F)c1. The predicted octanol–water partition coefficient (Wildman–Crippen LogP) is 7.92. The summed E-state index contributed by atoms with van der Waals surface area (Å²) in [6.45, 7) is 0. The van der Waals surface area contributed by atoms with Gasteiger partial charge in [-0.15, -0.1) is 0 Å². The van der Waals surface area contributed by atoms with Crippen molar-refractivity contribution in [2.75, 3.05) is 4.90 Å². The van der Waals surface area contributed by atoms with Gasteiger partial charge in [-0.1, -0.05) is 71.6 Å². The van der Waals surface area contributed by atoms with Gasteiger partial charge in [0, 0.05) is 14.8 Å². The second-order valence-electron chi connectivity index (χ2n) is 6.66. The molecular weight excluding hydrogens is 495 g/mol. The lowest BCUT2D eigenvalue weighted by Gasteiger charge is -2.16. The maximum Gasteiger partial charge on any atom is 0.416 e. The van der Waals surface area contributed by atoms with Crippen LogP contribution in [0, 0.1) is 0 Å². The summed E-state index contributed by atoms with van der Waals surface area (Å²) in [5.74, 6) is -0.453. The quantitative estimate of drug-likeness (QED) is 0.264. The van der Waals surface area contributed by atoms with Crippen LogP contribution in [-0.2, 0) is 11.0 Å². The van der Waals surface area contributed by atoms with E-state index in [4.69, 9.17) is 23.8 Å². The highest BCUT2D eigenvalue weighted by atomic mass is 35.5. The third-order valence-electron chi connectivity index (χ3n) is 4.47. The van der Waals surface area contributed by atoms with Gasteiger partial charge in [-0.25, -0.2) is 0 Å². The van der Waals surface area contributed by atoms with E-state index >= 15 is 0 Å². The van der Waals surface area contributed by atoms with Crippen molar-refractivity contribution < 1.29 is 18.0 Å². The highest BCUT2D eigenvalue weighted by molar-refractivity contribution is 8.27. The van der Waals surface area contributed by atoms with E-state index in [1.54, 1.807) is 18.2 Å². The van der Waals surface area contributed by atoms with Gasteiger partial charge < -0.3 is 0 Å². The summed E-state index contributed by atoms with van der Waals surface area (Å²) < 4.78 is 39.5. The number of carbonyl (C=O) groups excluding carboxylic acids is 1. The minimum Gasteiger partial charge on any atom is -0.268 e. The third kappa shape index (κ3) is 5.04. The van der Waals surface area contributed by atoms with E-state index in [9.17, 15) is 18.0 Å². The smallest absolute Gasteiger partial charge is 0.268 e. The Balaban J connectivity index is 1.64. The van der Waals surface area contributed by atoms with Crippen LogP contribution in [0.2, 0.25) is 5.02 Å². The highest BCUT2D eigenvalue weighted by Gasteiger charge is 2.36. The molecule has 0 atom stereocenters. The molecule has 0 saturated carbocycles. The molecule has 0 radical (unpaired) electrons. The zero-order valence-electron chi connectivity index (χ0n) is 16.1. The fourth-order valence-corrected chi connectivity index (χ4v) is 5.31. The average molecular weight is 508 g/mol. The molecule has 0 unspecified atom stereocenters. The molecule has 1 aliphatic heterocycles. The largest absolute Gasteiger partial charge is 0.416 e. The number of amides is 1. The molecule has 0 spiro atoms. The van der Waals surface area contributed by atoms with E-state index in [-0.39, 0.29) is 10.0 Å². The van der Waals surface area contributed by atoms with Gasteiger partial charge in [0.25, 0.3) is 5.91 Å². The zero-order valence-corrected chi connectivity index (χ0v) is 19.3. The molecule has 1 saturated heterocycles. The zero-order chi connectivity index (χ0) is 22.9. The van der Waals surface area contributed by atoms with Crippen LogP contribution in [0.25, 0.3) is 6.08 Å². The fourth-order valence-electron chi connectivity index (χ4n) is 2.98. The van der Waals surface area contributed by atoms with Gasteiger partial charge in [0.2, 0.25) is 0 Å². The van der Waals surface area contributed by atoms with Gasteiger partial charge in [-0.3, -0.25) is 9.69 Å². The molecule has 0 aliphatic carbocycles. The highest BCUT2D eigenvalue weighted by Crippen LogP contribution is 2.40. The Hall–Kier alpha value is -2.26. The molecule has 162 valence electrons. The summed E-state index contributed by atoms with van der Waals surface area (Å²) in [5.41, 5.74) is 0.0595. The summed E-state index contributed by atoms with van der Waals surface area (Å²) in [4.78, 5) is 16.4. The van der Waals surface area contributed by atoms with Crippen molar-refractivity contribution in [3.8, 4) is 0 Å². The number of nitrogens with zero attached hydrogens (tertiary/aromatic N) is 1. The Morgan fingerprint density at radius 3 is 2.44 bits per heavy atom. The van der Waals surface area contributed by atoms with E-state index in [1.165, 1.54) is 23.9 Å². The monoisotopic (exact) mass is 507 g/mol. The lowest BCUT2D eigenvalue weighted by Crippen LogP contribution is -2.27. The van der Waals surface area contributed by atoms with Crippen LogP contribution in [0.5, 0.6) is 0 Å². The molecule has 1 fully saturated rings. The second-order valence-corrected chi connectivity index (χ2v) is 9.89. The topological polar surface area (TPSA) is 20.3 Å². The number of rotatable bonds is 4. The first-order valence-electron chi connectivity index (χ1n) is 9.20. The predicted molar refractivity (Wildman–Crippen MR) is 129 cm³/mol. The van der Waals surface area contributed by atoms with Crippen molar-refractivity contribution in [1.82, 2.24) is 0 Å². The minimum absolute atomic E-state index is 0.0922. The van der Waals surface area contributed by atoms with Gasteiger partial charge >= 0.3 is 6.18 Å². The number of carbonyl (C=O) groups is 1. The van der Waals surface area contributed by atoms with Gasteiger partial charge in [-0.05, 0) is 60.2 Å². The number of alkyl halides is 3. The van der Waals surface area contributed by atoms with Gasteiger partial charge in [-0.2, -0.15) is 13.2 Å². The summed E-state index contributed by atoms with van der Waals surface area (Å²) in [6, 6.07) is 19.5. The molecule has 1 amide bonds. The molecule has 32 heavy (non-hydrogen) atoms. The first kappa shape index (κ1) is 22.9. The van der Waals surface area contributed by atoms with Gasteiger partial charge in [0.15, 0.2) is 4.32 Å². The number of benzene rings is 3. The second kappa shape index (κ2) is 9.31. The molecule has 0 bridgehead atoms. The fraction of sp³-hybridized carbons (Fsp3) is 0.0435. The first-order chi connectivity index (χ1) is 15.2.